The molecule has 1 aromatic carbocycles. The van der Waals surface area contributed by atoms with Gasteiger partial charge in [0.05, 0.1) is 5.69 Å². The second-order valence-corrected chi connectivity index (χ2v) is 6.71. The van der Waals surface area contributed by atoms with Crippen LogP contribution in [0.25, 0.3) is 11.3 Å². The van der Waals surface area contributed by atoms with E-state index in [9.17, 15) is 0 Å². The maximum atomic E-state index is 4.96. The number of benzene rings is 1. The summed E-state index contributed by atoms with van der Waals surface area (Å²) in [6, 6.07) is 14.6. The molecule has 3 heterocycles. The van der Waals surface area contributed by atoms with Crippen molar-refractivity contribution in [2.24, 2.45) is 0 Å². The Bertz CT molecular complexity index is 895. The maximum absolute atomic E-state index is 4.96. The molecule has 1 fully saturated rings. The summed E-state index contributed by atoms with van der Waals surface area (Å²) in [6.45, 7) is 8.01. The number of aromatic amines is 1. The number of anilines is 3. The average molecular weight is 348 g/mol. The number of nitrogens with one attached hydrogen (secondary N) is 3. The lowest BCUT2D eigenvalue weighted by molar-refractivity contribution is 0.585. The summed E-state index contributed by atoms with van der Waals surface area (Å²) in [6.07, 6.45) is 0. The number of nitrogens with zero attached hydrogens (tertiary/aromatic N) is 3. The van der Waals surface area contributed by atoms with E-state index in [1.54, 1.807) is 0 Å². The fraction of sp³-hybridized carbons (Fsp3) is 0.300. The number of aromatic nitrogens is 3. The van der Waals surface area contributed by atoms with Gasteiger partial charge in [0.2, 0.25) is 0 Å². The Balaban J connectivity index is 1.74. The highest BCUT2D eigenvalue weighted by Crippen LogP contribution is 2.29. The van der Waals surface area contributed by atoms with Gasteiger partial charge >= 0.3 is 0 Å². The van der Waals surface area contributed by atoms with Gasteiger partial charge in [-0.05, 0) is 25.5 Å². The number of H-pyrrole nitrogens is 1. The predicted molar refractivity (Wildman–Crippen MR) is 106 cm³/mol. The van der Waals surface area contributed by atoms with Crippen LogP contribution in [0.15, 0.2) is 42.5 Å². The lowest BCUT2D eigenvalue weighted by Crippen LogP contribution is -2.43. The van der Waals surface area contributed by atoms with Crippen LogP contribution in [0.1, 0.15) is 11.3 Å². The minimum Gasteiger partial charge on any atom is -0.354 e. The summed E-state index contributed by atoms with van der Waals surface area (Å²) in [5.74, 6) is 1.82. The third-order valence-electron chi connectivity index (χ3n) is 4.65. The zero-order valence-electron chi connectivity index (χ0n) is 15.2. The van der Waals surface area contributed by atoms with E-state index in [4.69, 9.17) is 4.98 Å². The molecule has 26 heavy (non-hydrogen) atoms. The quantitative estimate of drug-likeness (QED) is 0.675. The van der Waals surface area contributed by atoms with Gasteiger partial charge in [-0.3, -0.25) is 5.10 Å². The summed E-state index contributed by atoms with van der Waals surface area (Å²) in [7, 11) is 0. The van der Waals surface area contributed by atoms with Gasteiger partial charge in [-0.2, -0.15) is 5.10 Å². The lowest BCUT2D eigenvalue weighted by atomic mass is 10.0. The van der Waals surface area contributed by atoms with Gasteiger partial charge in [0, 0.05) is 55.3 Å². The average Bonchev–Trinajstić information content (AvgIpc) is 3.07. The van der Waals surface area contributed by atoms with Gasteiger partial charge in [-0.1, -0.05) is 24.3 Å². The molecule has 3 N–H and O–H groups in total. The monoisotopic (exact) mass is 348 g/mol. The summed E-state index contributed by atoms with van der Waals surface area (Å²) in [4.78, 5) is 7.30. The molecule has 0 aliphatic carbocycles. The molecule has 1 aliphatic rings. The van der Waals surface area contributed by atoms with Crippen LogP contribution in [0, 0.1) is 13.8 Å². The molecular formula is C20H24N6. The van der Waals surface area contributed by atoms with Crippen molar-refractivity contribution < 1.29 is 0 Å². The number of hydrogen-bond acceptors (Lipinski definition) is 5. The highest BCUT2D eigenvalue weighted by molar-refractivity contribution is 5.72. The normalized spacial score (nSPS) is 14.5. The number of rotatable bonds is 4. The Morgan fingerprint density at radius 3 is 2.58 bits per heavy atom. The van der Waals surface area contributed by atoms with Gasteiger partial charge < -0.3 is 15.5 Å². The van der Waals surface area contributed by atoms with Crippen molar-refractivity contribution >= 4 is 17.3 Å². The van der Waals surface area contributed by atoms with E-state index < -0.39 is 0 Å². The van der Waals surface area contributed by atoms with Crippen molar-refractivity contribution in [2.45, 2.75) is 13.8 Å². The van der Waals surface area contributed by atoms with Gasteiger partial charge in [0.25, 0.3) is 0 Å². The van der Waals surface area contributed by atoms with Crippen molar-refractivity contribution in [2.75, 3.05) is 36.4 Å². The topological polar surface area (TPSA) is 68.9 Å². The van der Waals surface area contributed by atoms with Crippen LogP contribution in [0.5, 0.6) is 0 Å². The van der Waals surface area contributed by atoms with Crippen molar-refractivity contribution in [3.63, 3.8) is 0 Å². The molecule has 3 aromatic rings. The molecule has 1 saturated heterocycles. The molecule has 0 saturated carbocycles. The predicted octanol–water partition coefficient (Wildman–Crippen LogP) is 3.24. The van der Waals surface area contributed by atoms with E-state index in [1.165, 1.54) is 5.56 Å². The van der Waals surface area contributed by atoms with Crippen LogP contribution in [0.3, 0.4) is 0 Å². The van der Waals surface area contributed by atoms with Crippen LogP contribution in [-0.4, -0.2) is 41.4 Å². The summed E-state index contributed by atoms with van der Waals surface area (Å²) in [5, 5.41) is 14.1. The van der Waals surface area contributed by atoms with E-state index >= 15 is 0 Å². The molecule has 6 nitrogen and oxygen atoms in total. The van der Waals surface area contributed by atoms with Crippen LogP contribution in [-0.2, 0) is 0 Å². The van der Waals surface area contributed by atoms with Gasteiger partial charge in [0.1, 0.15) is 5.82 Å². The first-order valence-electron chi connectivity index (χ1n) is 9.02. The number of aryl methyl sites for hydroxylation is 2. The minimum absolute atomic E-state index is 0.815. The van der Waals surface area contributed by atoms with E-state index in [0.29, 0.717) is 0 Å². The van der Waals surface area contributed by atoms with Crippen LogP contribution >= 0.6 is 0 Å². The molecule has 2 aromatic heterocycles. The molecule has 134 valence electrons. The minimum atomic E-state index is 0.815. The molecule has 1 aliphatic heterocycles. The van der Waals surface area contributed by atoms with E-state index in [2.05, 4.69) is 69.1 Å². The second-order valence-electron chi connectivity index (χ2n) is 6.71. The summed E-state index contributed by atoms with van der Waals surface area (Å²) in [5.41, 5.74) is 5.39. The Morgan fingerprint density at radius 1 is 1.04 bits per heavy atom. The first-order valence-corrected chi connectivity index (χ1v) is 9.02. The van der Waals surface area contributed by atoms with Gasteiger partial charge in [0.15, 0.2) is 5.82 Å². The third kappa shape index (κ3) is 3.55. The van der Waals surface area contributed by atoms with Gasteiger partial charge in [-0.25, -0.2) is 4.98 Å². The Labute approximate surface area is 153 Å². The van der Waals surface area contributed by atoms with Crippen molar-refractivity contribution in [3.8, 4) is 11.3 Å². The molecule has 0 atom stereocenters. The molecule has 0 unspecified atom stereocenters. The standard InChI is InChI=1S/C20H24N6/c1-14-5-3-4-6-17(14)18-12-16(22-19-11-15(2)24-25-19)13-20(23-18)26-9-7-21-8-10-26/h3-6,11-13,21H,7-10H2,1-2H3,(H2,22,23,24,25). The first-order chi connectivity index (χ1) is 12.7. The molecule has 6 heteroatoms. The summed E-state index contributed by atoms with van der Waals surface area (Å²) >= 11 is 0. The van der Waals surface area contributed by atoms with E-state index in [1.807, 2.05) is 13.0 Å². The second kappa shape index (κ2) is 7.17. The molecule has 0 radical (unpaired) electrons. The van der Waals surface area contributed by atoms with Crippen LogP contribution in [0.4, 0.5) is 17.3 Å². The largest absolute Gasteiger partial charge is 0.354 e. The zero-order valence-corrected chi connectivity index (χ0v) is 15.2. The molecule has 0 spiro atoms. The van der Waals surface area contributed by atoms with Crippen molar-refractivity contribution in [1.82, 2.24) is 20.5 Å². The fourth-order valence-electron chi connectivity index (χ4n) is 3.27. The first kappa shape index (κ1) is 16.6. The van der Waals surface area contributed by atoms with Gasteiger partial charge in [-0.15, -0.1) is 0 Å². The highest BCUT2D eigenvalue weighted by Gasteiger charge is 2.15. The van der Waals surface area contributed by atoms with Crippen LogP contribution in [0.2, 0.25) is 0 Å². The van der Waals surface area contributed by atoms with Crippen molar-refractivity contribution in [3.05, 3.63) is 53.7 Å². The number of hydrogen-bond donors (Lipinski definition) is 3. The molecule has 0 bridgehead atoms. The van der Waals surface area contributed by atoms with Crippen molar-refractivity contribution in [1.29, 1.82) is 0 Å². The lowest BCUT2D eigenvalue weighted by Gasteiger charge is -2.29. The Kier molecular flexibility index (Phi) is 4.58. The Morgan fingerprint density at radius 2 is 1.85 bits per heavy atom. The smallest absolute Gasteiger partial charge is 0.152 e. The number of piperazine rings is 1. The molecule has 4 rings (SSSR count). The molecule has 0 amide bonds. The zero-order chi connectivity index (χ0) is 17.9. The third-order valence-corrected chi connectivity index (χ3v) is 4.65. The number of pyridine rings is 1. The molecular weight excluding hydrogens is 324 g/mol. The van der Waals surface area contributed by atoms with Crippen LogP contribution < -0.4 is 15.5 Å². The maximum Gasteiger partial charge on any atom is 0.152 e. The van der Waals surface area contributed by atoms with E-state index in [0.717, 1.165) is 60.5 Å². The fourth-order valence-corrected chi connectivity index (χ4v) is 3.27. The summed E-state index contributed by atoms with van der Waals surface area (Å²) < 4.78 is 0. The Hall–Kier alpha value is -2.86. The highest BCUT2D eigenvalue weighted by atomic mass is 15.2. The SMILES string of the molecule is Cc1cc(Nc2cc(-c3ccccc3C)nc(N3CCNCC3)c2)n[nH]1. The van der Waals surface area contributed by atoms with E-state index in [-0.39, 0.29) is 0 Å².